The van der Waals surface area contributed by atoms with Crippen LogP contribution in [0.2, 0.25) is 0 Å². The second-order valence-electron chi connectivity index (χ2n) is 7.39. The Labute approximate surface area is 144 Å². The monoisotopic (exact) mass is 324 g/mol. The Balaban J connectivity index is 1.61. The van der Waals surface area contributed by atoms with Crippen molar-refractivity contribution in [3.63, 3.8) is 0 Å². The van der Waals surface area contributed by atoms with E-state index in [-0.39, 0.29) is 5.60 Å². The average molecular weight is 324 g/mol. The molecule has 1 aromatic heterocycles. The first-order valence-electron chi connectivity index (χ1n) is 8.69. The van der Waals surface area contributed by atoms with Gasteiger partial charge in [0, 0.05) is 18.9 Å². The molecule has 4 nitrogen and oxygen atoms in total. The molecule has 1 fully saturated rings. The highest BCUT2D eigenvalue weighted by Gasteiger charge is 2.23. The Morgan fingerprint density at radius 1 is 1.17 bits per heavy atom. The second kappa shape index (κ2) is 7.31. The van der Waals surface area contributed by atoms with E-state index in [1.807, 2.05) is 32.9 Å². The van der Waals surface area contributed by atoms with Crippen molar-refractivity contribution >= 4 is 0 Å². The fourth-order valence-corrected chi connectivity index (χ4v) is 3.11. The van der Waals surface area contributed by atoms with E-state index in [2.05, 4.69) is 33.1 Å². The molecule has 0 amide bonds. The van der Waals surface area contributed by atoms with Crippen LogP contribution in [-0.2, 0) is 6.54 Å². The van der Waals surface area contributed by atoms with Crippen molar-refractivity contribution in [3.8, 4) is 5.88 Å². The summed E-state index contributed by atoms with van der Waals surface area (Å²) in [6, 6.07) is 11.7. The molecule has 24 heavy (non-hydrogen) atoms. The maximum absolute atomic E-state index is 5.96. The predicted molar refractivity (Wildman–Crippen MR) is 94.9 cm³/mol. The molecule has 1 aliphatic heterocycles. The van der Waals surface area contributed by atoms with Crippen LogP contribution in [0.3, 0.4) is 0 Å². The van der Waals surface area contributed by atoms with Gasteiger partial charge in [-0.25, -0.2) is 4.98 Å². The van der Waals surface area contributed by atoms with Gasteiger partial charge in [-0.05, 0) is 64.3 Å². The van der Waals surface area contributed by atoms with Gasteiger partial charge in [0.25, 0.3) is 0 Å². The molecular formula is C20H26N3O. The third kappa shape index (κ3) is 4.54. The summed E-state index contributed by atoms with van der Waals surface area (Å²) in [7, 11) is 0. The highest BCUT2D eigenvalue weighted by atomic mass is 16.5. The molecule has 0 spiro atoms. The molecule has 2 heterocycles. The number of hydrogen-bond acceptors (Lipinski definition) is 4. The Morgan fingerprint density at radius 3 is 2.58 bits per heavy atom. The Kier molecular flexibility index (Phi) is 5.14. The van der Waals surface area contributed by atoms with Gasteiger partial charge in [0.15, 0.2) is 0 Å². The van der Waals surface area contributed by atoms with Crippen LogP contribution in [0.5, 0.6) is 5.88 Å². The first-order valence-corrected chi connectivity index (χ1v) is 8.69. The van der Waals surface area contributed by atoms with Crippen molar-refractivity contribution in [3.05, 3.63) is 54.0 Å². The maximum Gasteiger partial charge on any atom is 0.237 e. The van der Waals surface area contributed by atoms with E-state index in [0.29, 0.717) is 11.8 Å². The first-order chi connectivity index (χ1) is 11.5. The number of nitrogens with zero attached hydrogens (tertiary/aromatic N) is 3. The number of ether oxygens (including phenoxy) is 1. The lowest BCUT2D eigenvalue weighted by atomic mass is 9.89. The average Bonchev–Trinajstić information content (AvgIpc) is 2.57. The molecule has 127 valence electrons. The topological polar surface area (TPSA) is 38.3 Å². The Morgan fingerprint density at radius 2 is 1.92 bits per heavy atom. The molecule has 0 aliphatic carbocycles. The Hall–Kier alpha value is -1.94. The van der Waals surface area contributed by atoms with Crippen molar-refractivity contribution in [2.24, 2.45) is 0 Å². The predicted octanol–water partition coefficient (Wildman–Crippen LogP) is 3.83. The number of benzene rings is 1. The number of likely N-dealkylation sites (tertiary alicyclic amines) is 1. The number of rotatable bonds is 4. The van der Waals surface area contributed by atoms with Gasteiger partial charge in [0.05, 0.1) is 0 Å². The summed E-state index contributed by atoms with van der Waals surface area (Å²) < 4.78 is 5.96. The van der Waals surface area contributed by atoms with Crippen LogP contribution < -0.4 is 4.74 Å². The van der Waals surface area contributed by atoms with Crippen molar-refractivity contribution < 1.29 is 4.74 Å². The zero-order chi connectivity index (χ0) is 17.0. The van der Waals surface area contributed by atoms with Gasteiger partial charge in [-0.15, -0.1) is 0 Å². The van der Waals surface area contributed by atoms with Crippen LogP contribution in [0.25, 0.3) is 0 Å². The van der Waals surface area contributed by atoms with E-state index in [4.69, 9.17) is 4.74 Å². The molecule has 0 saturated carbocycles. The SMILES string of the molecule is CC(C)(C)Oc1nccnc1CN1CCC(c2[c]cccc2)CC1. The van der Waals surface area contributed by atoms with Crippen molar-refractivity contribution in [1.82, 2.24) is 14.9 Å². The van der Waals surface area contributed by atoms with Crippen LogP contribution in [0.15, 0.2) is 36.7 Å². The lowest BCUT2D eigenvalue weighted by Gasteiger charge is -2.32. The van der Waals surface area contributed by atoms with Crippen LogP contribution in [-0.4, -0.2) is 33.6 Å². The third-order valence-electron chi connectivity index (χ3n) is 4.27. The summed E-state index contributed by atoms with van der Waals surface area (Å²) in [6.07, 6.45) is 5.77. The molecule has 1 aromatic carbocycles. The van der Waals surface area contributed by atoms with Gasteiger partial charge in [-0.1, -0.05) is 24.3 Å². The molecule has 1 radical (unpaired) electrons. The number of aromatic nitrogens is 2. The van der Waals surface area contributed by atoms with E-state index >= 15 is 0 Å². The van der Waals surface area contributed by atoms with Gasteiger partial charge < -0.3 is 4.74 Å². The normalized spacial score (nSPS) is 17.0. The fourth-order valence-electron chi connectivity index (χ4n) is 3.11. The quantitative estimate of drug-likeness (QED) is 0.856. The number of hydrogen-bond donors (Lipinski definition) is 0. The molecule has 1 aliphatic rings. The minimum Gasteiger partial charge on any atom is -0.471 e. The Bertz CT molecular complexity index is 643. The van der Waals surface area contributed by atoms with Crippen LogP contribution >= 0.6 is 0 Å². The highest BCUT2D eigenvalue weighted by Crippen LogP contribution is 2.29. The summed E-state index contributed by atoms with van der Waals surface area (Å²) in [6.45, 7) is 9.04. The summed E-state index contributed by atoms with van der Waals surface area (Å²) in [4.78, 5) is 11.3. The summed E-state index contributed by atoms with van der Waals surface area (Å²) >= 11 is 0. The van der Waals surface area contributed by atoms with Gasteiger partial charge in [-0.3, -0.25) is 9.88 Å². The molecule has 3 rings (SSSR count). The van der Waals surface area contributed by atoms with E-state index in [1.165, 1.54) is 5.56 Å². The lowest BCUT2D eigenvalue weighted by Crippen LogP contribution is -2.33. The van der Waals surface area contributed by atoms with E-state index < -0.39 is 0 Å². The molecular weight excluding hydrogens is 298 g/mol. The minimum atomic E-state index is -0.263. The van der Waals surface area contributed by atoms with Gasteiger partial charge in [0.2, 0.25) is 5.88 Å². The molecule has 2 aromatic rings. The molecule has 0 N–H and O–H groups in total. The molecule has 4 heteroatoms. The van der Waals surface area contributed by atoms with Crippen molar-refractivity contribution in [1.29, 1.82) is 0 Å². The van der Waals surface area contributed by atoms with Gasteiger partial charge >= 0.3 is 0 Å². The minimum absolute atomic E-state index is 0.263. The first kappa shape index (κ1) is 16.9. The van der Waals surface area contributed by atoms with E-state index in [9.17, 15) is 0 Å². The lowest BCUT2D eigenvalue weighted by molar-refractivity contribution is 0.117. The zero-order valence-electron chi connectivity index (χ0n) is 14.8. The number of piperidine rings is 1. The summed E-state index contributed by atoms with van der Waals surface area (Å²) in [5.41, 5.74) is 2.01. The third-order valence-corrected chi connectivity index (χ3v) is 4.27. The second-order valence-corrected chi connectivity index (χ2v) is 7.39. The van der Waals surface area contributed by atoms with Gasteiger partial charge in [-0.2, -0.15) is 0 Å². The standard InChI is InChI=1S/C20H26N3O/c1-20(2,3)24-19-18(21-11-12-22-19)15-23-13-9-17(10-14-23)16-7-5-4-6-8-16/h4-7,11-12,17H,9-10,13-15H2,1-3H3. The van der Waals surface area contributed by atoms with E-state index in [0.717, 1.165) is 38.2 Å². The maximum atomic E-state index is 5.96. The van der Waals surface area contributed by atoms with Crippen LogP contribution in [0, 0.1) is 6.07 Å². The van der Waals surface area contributed by atoms with Crippen LogP contribution in [0.1, 0.15) is 50.8 Å². The molecule has 0 bridgehead atoms. The fraction of sp³-hybridized carbons (Fsp3) is 0.500. The summed E-state index contributed by atoms with van der Waals surface area (Å²) in [5, 5.41) is 0. The smallest absolute Gasteiger partial charge is 0.237 e. The van der Waals surface area contributed by atoms with Gasteiger partial charge in [0.1, 0.15) is 11.3 Å². The summed E-state index contributed by atoms with van der Waals surface area (Å²) in [5.74, 6) is 1.28. The van der Waals surface area contributed by atoms with Crippen molar-refractivity contribution in [2.45, 2.75) is 51.7 Å². The van der Waals surface area contributed by atoms with E-state index in [1.54, 1.807) is 12.4 Å². The molecule has 0 unspecified atom stereocenters. The molecule has 1 saturated heterocycles. The molecule has 0 atom stereocenters. The highest BCUT2D eigenvalue weighted by molar-refractivity contribution is 5.20. The van der Waals surface area contributed by atoms with Crippen LogP contribution in [0.4, 0.5) is 0 Å². The van der Waals surface area contributed by atoms with Crippen molar-refractivity contribution in [2.75, 3.05) is 13.1 Å². The zero-order valence-corrected chi connectivity index (χ0v) is 14.8. The largest absolute Gasteiger partial charge is 0.471 e.